The first-order chi connectivity index (χ1) is 25.0. The fourth-order valence-corrected chi connectivity index (χ4v) is 7.85. The lowest BCUT2D eigenvalue weighted by molar-refractivity contribution is -0.144. The Balaban J connectivity index is 1.58. The lowest BCUT2D eigenvalue weighted by Crippen LogP contribution is -2.61. The van der Waals surface area contributed by atoms with Gasteiger partial charge in [-0.15, -0.1) is 0 Å². The van der Waals surface area contributed by atoms with Gasteiger partial charge in [0.25, 0.3) is 5.91 Å². The number of benzene rings is 1. The number of ether oxygens (including phenoxy) is 2. The smallest absolute Gasteiger partial charge is 0.407 e. The number of nitrogens with one attached hydrogen (secondary N) is 5. The summed E-state index contributed by atoms with van der Waals surface area (Å²) in [7, 11) is 1.49. The highest BCUT2D eigenvalue weighted by molar-refractivity contribution is 6.38. The summed E-state index contributed by atoms with van der Waals surface area (Å²) in [6.45, 7) is 14.7. The van der Waals surface area contributed by atoms with E-state index in [-0.39, 0.29) is 55.3 Å². The van der Waals surface area contributed by atoms with Crippen molar-refractivity contribution in [3.63, 3.8) is 0 Å². The molecule has 14 nitrogen and oxygen atoms in total. The van der Waals surface area contributed by atoms with Crippen LogP contribution in [0, 0.1) is 28.6 Å². The highest BCUT2D eigenvalue weighted by Gasteiger charge is 2.69. The van der Waals surface area contributed by atoms with Crippen LogP contribution < -0.4 is 26.6 Å². The molecule has 1 aliphatic heterocycles. The number of methoxy groups -OCH3 is 1. The summed E-state index contributed by atoms with van der Waals surface area (Å²) < 4.78 is 10.3. The molecular weight excluding hydrogens is 680 g/mol. The first-order valence-corrected chi connectivity index (χ1v) is 19.0. The molecule has 0 radical (unpaired) electrons. The monoisotopic (exact) mass is 740 g/mol. The molecule has 2 fully saturated rings. The fraction of sp³-hybridized carbons (Fsp3) is 0.692. The van der Waals surface area contributed by atoms with Crippen LogP contribution in [-0.2, 0) is 41.5 Å². The summed E-state index contributed by atoms with van der Waals surface area (Å²) in [4.78, 5) is 82.5. The molecule has 1 heterocycles. The van der Waals surface area contributed by atoms with E-state index in [9.17, 15) is 28.8 Å². The number of unbranched alkanes of at least 4 members (excludes halogenated alkanes) is 1. The van der Waals surface area contributed by atoms with E-state index in [2.05, 4.69) is 40.4 Å². The zero-order valence-electron chi connectivity index (χ0n) is 32.6. The number of alkyl carbamates (subject to hydrolysis) is 1. The van der Waals surface area contributed by atoms with Gasteiger partial charge < -0.3 is 41.0 Å². The molecule has 0 spiro atoms. The Hall–Kier alpha value is -4.20. The van der Waals surface area contributed by atoms with Gasteiger partial charge in [-0.05, 0) is 65.9 Å². The Morgan fingerprint density at radius 1 is 0.962 bits per heavy atom. The van der Waals surface area contributed by atoms with Crippen LogP contribution in [0.25, 0.3) is 0 Å². The van der Waals surface area contributed by atoms with Crippen LogP contribution in [0.5, 0.6) is 0 Å². The Labute approximate surface area is 313 Å². The molecule has 4 rings (SSSR count). The minimum atomic E-state index is -1.05. The van der Waals surface area contributed by atoms with Crippen LogP contribution in [0.4, 0.5) is 9.59 Å². The van der Waals surface area contributed by atoms with E-state index >= 15 is 0 Å². The number of likely N-dealkylation sites (tertiary alicyclic amines) is 1. The molecule has 0 bridgehead atoms. The third-order valence-electron chi connectivity index (χ3n) is 11.2. The highest BCUT2D eigenvalue weighted by atomic mass is 16.5. The Morgan fingerprint density at radius 3 is 2.21 bits per heavy atom. The van der Waals surface area contributed by atoms with Gasteiger partial charge in [-0.2, -0.15) is 0 Å². The van der Waals surface area contributed by atoms with Crippen molar-refractivity contribution in [3.8, 4) is 0 Å². The third-order valence-corrected chi connectivity index (χ3v) is 11.2. The number of nitrogens with zero attached hydrogens (tertiary/aromatic N) is 1. The quantitative estimate of drug-likeness (QED) is 0.119. The van der Waals surface area contributed by atoms with Crippen molar-refractivity contribution in [2.45, 2.75) is 105 Å². The molecular formula is C39H60N6O8. The van der Waals surface area contributed by atoms with Gasteiger partial charge in [0, 0.05) is 26.7 Å². The number of hydrogen-bond acceptors (Lipinski definition) is 8. The van der Waals surface area contributed by atoms with E-state index in [4.69, 9.17) is 9.47 Å². The third kappa shape index (κ3) is 10.1. The van der Waals surface area contributed by atoms with Gasteiger partial charge in [0.1, 0.15) is 18.7 Å². The average Bonchev–Trinajstić information content (AvgIpc) is 3.46. The number of hydrogen-bond donors (Lipinski definition) is 5. The highest BCUT2D eigenvalue weighted by Crippen LogP contribution is 2.65. The predicted molar refractivity (Wildman–Crippen MR) is 199 cm³/mol. The topological polar surface area (TPSA) is 184 Å². The van der Waals surface area contributed by atoms with Gasteiger partial charge in [-0.3, -0.25) is 19.2 Å². The molecule has 14 heteroatoms. The molecule has 1 aromatic carbocycles. The van der Waals surface area contributed by atoms with Crippen LogP contribution in [0.1, 0.15) is 78.9 Å². The number of carbonyl (C=O) groups is 6. The van der Waals surface area contributed by atoms with Gasteiger partial charge in [0.15, 0.2) is 0 Å². The zero-order valence-corrected chi connectivity index (χ0v) is 32.6. The van der Waals surface area contributed by atoms with Gasteiger partial charge in [-0.1, -0.05) is 78.6 Å². The van der Waals surface area contributed by atoms with Crippen LogP contribution in [0.3, 0.4) is 0 Å². The lowest BCUT2D eigenvalue weighted by Gasteiger charge is -2.36. The second kappa shape index (κ2) is 17.7. The van der Waals surface area contributed by atoms with Crippen LogP contribution in [0.15, 0.2) is 24.3 Å². The van der Waals surface area contributed by atoms with E-state index in [0.717, 1.165) is 17.5 Å². The molecule has 6 atom stereocenters. The minimum absolute atomic E-state index is 0.0521. The number of carbonyl (C=O) groups excluding carboxylic acids is 6. The first-order valence-electron chi connectivity index (χ1n) is 19.0. The number of rotatable bonds is 17. The second-order valence-corrected chi connectivity index (χ2v) is 16.3. The Bertz CT molecular complexity index is 1480. The molecule has 1 aromatic rings. The van der Waals surface area contributed by atoms with Crippen LogP contribution in [-0.4, -0.2) is 105 Å². The summed E-state index contributed by atoms with van der Waals surface area (Å²) in [6.07, 6.45) is 2.17. The van der Waals surface area contributed by atoms with E-state index < -0.39 is 59.3 Å². The summed E-state index contributed by atoms with van der Waals surface area (Å²) >= 11 is 0. The average molecular weight is 741 g/mol. The van der Waals surface area contributed by atoms with Gasteiger partial charge in [0.2, 0.25) is 17.6 Å². The maximum Gasteiger partial charge on any atom is 0.407 e. The molecule has 294 valence electrons. The van der Waals surface area contributed by atoms with E-state index in [1.54, 1.807) is 11.8 Å². The SMILES string of the molecule is CCCCC(NC(=O)[C@@H]1[C@@H]2[C@H](CN1C(=O)[C@@H](NC(=O)N[C@H](COC(=O)NCC)C(C)(C)C)C1Cc3ccccc3C1)C2(C)C)C(=O)C(=O)NCCOC. The second-order valence-electron chi connectivity index (χ2n) is 16.3. The van der Waals surface area contributed by atoms with Gasteiger partial charge >= 0.3 is 12.1 Å². The van der Waals surface area contributed by atoms with Crippen LogP contribution >= 0.6 is 0 Å². The van der Waals surface area contributed by atoms with Crippen molar-refractivity contribution in [2.75, 3.05) is 40.0 Å². The van der Waals surface area contributed by atoms with Crippen molar-refractivity contribution >= 4 is 35.6 Å². The molecule has 6 amide bonds. The summed E-state index contributed by atoms with van der Waals surface area (Å²) in [5, 5.41) is 13.9. The number of piperidine rings is 1. The molecule has 1 unspecified atom stereocenters. The van der Waals surface area contributed by atoms with Gasteiger partial charge in [0.05, 0.1) is 18.7 Å². The van der Waals surface area contributed by atoms with Crippen molar-refractivity contribution in [1.82, 2.24) is 31.5 Å². The number of amides is 6. The number of ketones is 1. The number of fused-ring (bicyclic) bond motifs is 2. The maximum absolute atomic E-state index is 14.8. The number of Topliss-reactive ketones (excluding diaryl/α,β-unsaturated/α-hetero) is 1. The molecule has 3 aliphatic rings. The van der Waals surface area contributed by atoms with E-state index in [0.29, 0.717) is 32.4 Å². The molecule has 0 aromatic heterocycles. The van der Waals surface area contributed by atoms with Crippen LogP contribution in [0.2, 0.25) is 0 Å². The summed E-state index contributed by atoms with van der Waals surface area (Å²) in [6, 6.07) is 3.85. The standard InChI is InChI=1S/C39H60N6O8/c1-9-11-16-27(32(46)34(48)41-17-18-52-8)42-33(47)31-29-26(39(29,6)7)21-45(31)35(49)30(25-19-23-14-12-13-15-24(23)20-25)44-36(50)43-28(38(3,4)5)22-53-37(51)40-10-2/h12-15,25-31H,9-11,16-22H2,1-8H3,(H,40,51)(H,41,48)(H,42,47)(H2,43,44,50)/t26-,27?,28+,29-,30-,31-/m0/s1. The summed E-state index contributed by atoms with van der Waals surface area (Å²) in [5.74, 6) is -2.78. The van der Waals surface area contributed by atoms with Crippen molar-refractivity contribution in [2.24, 2.45) is 28.6 Å². The molecule has 53 heavy (non-hydrogen) atoms. The molecule has 1 saturated carbocycles. The van der Waals surface area contributed by atoms with E-state index in [1.807, 2.05) is 52.0 Å². The Kier molecular flexibility index (Phi) is 13.9. The predicted octanol–water partition coefficient (Wildman–Crippen LogP) is 2.72. The Morgan fingerprint density at radius 2 is 1.62 bits per heavy atom. The van der Waals surface area contributed by atoms with Crippen molar-refractivity contribution in [1.29, 1.82) is 0 Å². The first kappa shape index (κ1) is 41.6. The normalized spacial score (nSPS) is 21.7. The number of urea groups is 1. The lowest BCUT2D eigenvalue weighted by atomic mass is 9.87. The van der Waals surface area contributed by atoms with Gasteiger partial charge in [-0.25, -0.2) is 9.59 Å². The zero-order chi connectivity index (χ0) is 39.1. The fourth-order valence-electron chi connectivity index (χ4n) is 7.85. The molecule has 2 aliphatic carbocycles. The van der Waals surface area contributed by atoms with E-state index in [1.165, 1.54) is 7.11 Å². The van der Waals surface area contributed by atoms with Crippen molar-refractivity contribution < 1.29 is 38.2 Å². The molecule has 1 saturated heterocycles. The summed E-state index contributed by atoms with van der Waals surface area (Å²) in [5.41, 5.74) is 1.49. The van der Waals surface area contributed by atoms with Crippen molar-refractivity contribution in [3.05, 3.63) is 35.4 Å². The minimum Gasteiger partial charge on any atom is -0.447 e. The molecule has 5 N–H and O–H groups in total. The maximum atomic E-state index is 14.8. The largest absolute Gasteiger partial charge is 0.447 e.